The summed E-state index contributed by atoms with van der Waals surface area (Å²) in [5, 5.41) is 2.73. The van der Waals surface area contributed by atoms with E-state index in [1.54, 1.807) is 12.1 Å². The first kappa shape index (κ1) is 14.6. The molecule has 0 N–H and O–H groups in total. The van der Waals surface area contributed by atoms with Crippen LogP contribution in [-0.4, -0.2) is 0 Å². The van der Waals surface area contributed by atoms with Crippen molar-refractivity contribution in [3.05, 3.63) is 82.1 Å². The fourth-order valence-electron chi connectivity index (χ4n) is 2.57. The summed E-state index contributed by atoms with van der Waals surface area (Å²) in [5.74, 6) is -0.297. The molecule has 0 aliphatic carbocycles. The molecular formula is C18H13BrClF. The summed E-state index contributed by atoms with van der Waals surface area (Å²) >= 11 is 9.46. The van der Waals surface area contributed by atoms with Crippen LogP contribution in [0.25, 0.3) is 10.8 Å². The van der Waals surface area contributed by atoms with E-state index in [0.717, 1.165) is 10.9 Å². The van der Waals surface area contributed by atoms with Crippen LogP contribution in [0.1, 0.15) is 21.5 Å². The predicted octanol–water partition coefficient (Wildman–Crippen LogP) is 6.43. The molecule has 0 nitrogen and oxygen atoms in total. The van der Waals surface area contributed by atoms with Gasteiger partial charge in [-0.2, -0.15) is 0 Å². The first-order chi connectivity index (χ1) is 10.1. The molecule has 0 aliphatic heterocycles. The first-order valence-electron chi connectivity index (χ1n) is 6.65. The van der Waals surface area contributed by atoms with Gasteiger partial charge in [-0.3, -0.25) is 0 Å². The lowest BCUT2D eigenvalue weighted by molar-refractivity contribution is 0.614. The van der Waals surface area contributed by atoms with E-state index < -0.39 is 0 Å². The first-order valence-corrected chi connectivity index (χ1v) is 7.94. The van der Waals surface area contributed by atoms with Crippen LogP contribution in [0.15, 0.2) is 54.6 Å². The van der Waals surface area contributed by atoms with Gasteiger partial charge in [-0.15, -0.1) is 0 Å². The molecule has 3 heteroatoms. The highest BCUT2D eigenvalue weighted by Crippen LogP contribution is 2.37. The van der Waals surface area contributed by atoms with E-state index in [9.17, 15) is 4.39 Å². The molecule has 0 heterocycles. The minimum absolute atomic E-state index is 0.208. The molecule has 1 atom stereocenters. The van der Waals surface area contributed by atoms with Gasteiger partial charge in [0.2, 0.25) is 0 Å². The number of aryl methyl sites for hydroxylation is 1. The highest BCUT2D eigenvalue weighted by molar-refractivity contribution is 9.09. The molecule has 3 aromatic rings. The third-order valence-electron chi connectivity index (χ3n) is 3.68. The van der Waals surface area contributed by atoms with E-state index in [4.69, 9.17) is 11.6 Å². The second-order valence-corrected chi connectivity index (χ2v) is 6.40. The number of hydrogen-bond acceptors (Lipinski definition) is 0. The van der Waals surface area contributed by atoms with Crippen molar-refractivity contribution >= 4 is 38.3 Å². The van der Waals surface area contributed by atoms with Gasteiger partial charge in [-0.1, -0.05) is 70.0 Å². The van der Waals surface area contributed by atoms with Crippen molar-refractivity contribution in [2.45, 2.75) is 11.8 Å². The monoisotopic (exact) mass is 362 g/mol. The van der Waals surface area contributed by atoms with Crippen LogP contribution in [0.2, 0.25) is 5.02 Å². The van der Waals surface area contributed by atoms with Crippen molar-refractivity contribution in [3.8, 4) is 0 Å². The second-order valence-electron chi connectivity index (χ2n) is 5.05. The second kappa shape index (κ2) is 5.78. The van der Waals surface area contributed by atoms with Gasteiger partial charge in [-0.25, -0.2) is 4.39 Å². The molecule has 0 bridgehead atoms. The Morgan fingerprint density at radius 3 is 2.33 bits per heavy atom. The van der Waals surface area contributed by atoms with Crippen molar-refractivity contribution in [2.75, 3.05) is 0 Å². The smallest absolute Gasteiger partial charge is 0.129 e. The standard InChI is InChI=1S/C18H13BrClF/c1-11-6-8-15(14-5-3-2-4-13(11)14)18(19)16-9-7-12(20)10-17(16)21/h2-10,18H,1H3. The minimum Gasteiger partial charge on any atom is -0.207 e. The number of benzene rings is 3. The van der Waals surface area contributed by atoms with Gasteiger partial charge in [0.25, 0.3) is 0 Å². The molecule has 0 radical (unpaired) electrons. The molecule has 0 amide bonds. The molecular weight excluding hydrogens is 351 g/mol. The number of hydrogen-bond donors (Lipinski definition) is 0. The Morgan fingerprint density at radius 1 is 0.952 bits per heavy atom. The Morgan fingerprint density at radius 2 is 1.62 bits per heavy atom. The number of fused-ring (bicyclic) bond motifs is 1. The van der Waals surface area contributed by atoms with Crippen LogP contribution in [0.4, 0.5) is 4.39 Å². The largest absolute Gasteiger partial charge is 0.207 e. The Bertz CT molecular complexity index is 813. The summed E-state index contributed by atoms with van der Waals surface area (Å²) in [4.78, 5) is -0.208. The third-order valence-corrected chi connectivity index (χ3v) is 4.91. The molecule has 1 unspecified atom stereocenters. The summed E-state index contributed by atoms with van der Waals surface area (Å²) in [7, 11) is 0. The number of rotatable bonds is 2. The summed E-state index contributed by atoms with van der Waals surface area (Å²) < 4.78 is 14.2. The van der Waals surface area contributed by atoms with Crippen LogP contribution in [0.5, 0.6) is 0 Å². The van der Waals surface area contributed by atoms with E-state index >= 15 is 0 Å². The Labute approximate surface area is 136 Å². The molecule has 0 aromatic heterocycles. The molecule has 0 aliphatic rings. The van der Waals surface area contributed by atoms with Crippen LogP contribution in [0, 0.1) is 12.7 Å². The summed E-state index contributed by atoms with van der Waals surface area (Å²) in [6.07, 6.45) is 0. The highest BCUT2D eigenvalue weighted by Gasteiger charge is 2.17. The molecule has 0 saturated carbocycles. The van der Waals surface area contributed by atoms with Gasteiger partial charge in [0.15, 0.2) is 0 Å². The van der Waals surface area contributed by atoms with Crippen LogP contribution >= 0.6 is 27.5 Å². The molecule has 21 heavy (non-hydrogen) atoms. The third kappa shape index (κ3) is 2.70. The van der Waals surface area contributed by atoms with Crippen LogP contribution < -0.4 is 0 Å². The van der Waals surface area contributed by atoms with E-state index in [-0.39, 0.29) is 10.6 Å². The van der Waals surface area contributed by atoms with Gasteiger partial charge in [0, 0.05) is 10.6 Å². The highest BCUT2D eigenvalue weighted by atomic mass is 79.9. The van der Waals surface area contributed by atoms with Gasteiger partial charge >= 0.3 is 0 Å². The van der Waals surface area contributed by atoms with Crippen molar-refractivity contribution in [1.29, 1.82) is 0 Å². The van der Waals surface area contributed by atoms with E-state index in [1.807, 2.05) is 18.2 Å². The Balaban J connectivity index is 2.18. The maximum absolute atomic E-state index is 14.2. The van der Waals surface area contributed by atoms with Crippen molar-refractivity contribution in [2.24, 2.45) is 0 Å². The van der Waals surface area contributed by atoms with Gasteiger partial charge < -0.3 is 0 Å². The normalized spacial score (nSPS) is 12.6. The average molecular weight is 364 g/mol. The molecule has 3 rings (SSSR count). The summed E-state index contributed by atoms with van der Waals surface area (Å²) in [6, 6.07) is 17.1. The number of halogens is 3. The minimum atomic E-state index is -0.297. The summed E-state index contributed by atoms with van der Waals surface area (Å²) in [5.41, 5.74) is 2.86. The average Bonchev–Trinajstić information content (AvgIpc) is 2.47. The molecule has 0 spiro atoms. The maximum atomic E-state index is 14.2. The van der Waals surface area contributed by atoms with E-state index in [0.29, 0.717) is 10.6 Å². The fraction of sp³-hybridized carbons (Fsp3) is 0.111. The lowest BCUT2D eigenvalue weighted by atomic mass is 9.95. The zero-order chi connectivity index (χ0) is 15.0. The quantitative estimate of drug-likeness (QED) is 0.460. The molecule has 0 saturated heterocycles. The van der Waals surface area contributed by atoms with Crippen LogP contribution in [0.3, 0.4) is 0 Å². The Kier molecular flexibility index (Phi) is 4.01. The van der Waals surface area contributed by atoms with Gasteiger partial charge in [-0.05, 0) is 41.0 Å². The SMILES string of the molecule is Cc1ccc(C(Br)c2ccc(Cl)cc2F)c2ccccc12. The maximum Gasteiger partial charge on any atom is 0.129 e. The lowest BCUT2D eigenvalue weighted by Gasteiger charge is -2.16. The Hall–Kier alpha value is -1.38. The molecule has 0 fully saturated rings. The van der Waals surface area contributed by atoms with E-state index in [2.05, 4.69) is 41.1 Å². The van der Waals surface area contributed by atoms with E-state index in [1.165, 1.54) is 17.0 Å². The van der Waals surface area contributed by atoms with Crippen molar-refractivity contribution in [1.82, 2.24) is 0 Å². The topological polar surface area (TPSA) is 0 Å². The van der Waals surface area contributed by atoms with Crippen molar-refractivity contribution < 1.29 is 4.39 Å². The van der Waals surface area contributed by atoms with Crippen LogP contribution in [-0.2, 0) is 0 Å². The summed E-state index contributed by atoms with van der Waals surface area (Å²) in [6.45, 7) is 2.08. The zero-order valence-corrected chi connectivity index (χ0v) is 13.7. The van der Waals surface area contributed by atoms with Gasteiger partial charge in [0.1, 0.15) is 5.82 Å². The number of alkyl halides is 1. The lowest BCUT2D eigenvalue weighted by Crippen LogP contribution is -1.98. The van der Waals surface area contributed by atoms with Gasteiger partial charge in [0.05, 0.1) is 4.83 Å². The predicted molar refractivity (Wildman–Crippen MR) is 90.9 cm³/mol. The fourth-order valence-corrected chi connectivity index (χ4v) is 3.50. The zero-order valence-electron chi connectivity index (χ0n) is 11.4. The molecule has 3 aromatic carbocycles. The van der Waals surface area contributed by atoms with Crippen molar-refractivity contribution in [3.63, 3.8) is 0 Å². The molecule has 106 valence electrons.